The van der Waals surface area contributed by atoms with E-state index in [0.29, 0.717) is 5.92 Å². The molecule has 1 aromatic rings. The topological polar surface area (TPSA) is 16.1 Å². The Morgan fingerprint density at radius 2 is 2.19 bits per heavy atom. The van der Waals surface area contributed by atoms with Crippen LogP contribution in [0.3, 0.4) is 0 Å². The molecule has 3 aliphatic heterocycles. The van der Waals surface area contributed by atoms with Crippen molar-refractivity contribution in [2.75, 3.05) is 13.1 Å². The van der Waals surface area contributed by atoms with Crippen LogP contribution in [-0.4, -0.2) is 28.4 Å². The van der Waals surface area contributed by atoms with Crippen molar-refractivity contribution in [3.63, 3.8) is 0 Å². The summed E-state index contributed by atoms with van der Waals surface area (Å²) in [4.78, 5) is 6.55. The van der Waals surface area contributed by atoms with Gasteiger partial charge in [0, 0.05) is 31.2 Å². The molecule has 0 radical (unpaired) electrons. The van der Waals surface area contributed by atoms with E-state index in [1.807, 2.05) is 12.3 Å². The number of pyridine rings is 1. The number of halogens is 1. The smallest absolute Gasteiger partial charge is 0.0763 e. The van der Waals surface area contributed by atoms with E-state index in [4.69, 9.17) is 11.6 Å². The second-order valence-electron chi connectivity index (χ2n) is 4.58. The summed E-state index contributed by atoms with van der Waals surface area (Å²) < 4.78 is 0. The third-order valence-electron chi connectivity index (χ3n) is 3.60. The zero-order chi connectivity index (χ0) is 11.0. The Morgan fingerprint density at radius 1 is 1.38 bits per heavy atom. The number of fused-ring (bicyclic) bond motifs is 3. The number of rotatable bonds is 1. The lowest BCUT2D eigenvalue weighted by Gasteiger charge is -2.45. The van der Waals surface area contributed by atoms with Crippen molar-refractivity contribution in [2.24, 2.45) is 5.92 Å². The van der Waals surface area contributed by atoms with Crippen molar-refractivity contribution >= 4 is 17.7 Å². The van der Waals surface area contributed by atoms with E-state index in [0.717, 1.165) is 5.56 Å². The Labute approximate surface area is 101 Å². The van der Waals surface area contributed by atoms with Gasteiger partial charge in [0.25, 0.3) is 0 Å². The number of alkyl halides is 1. The summed E-state index contributed by atoms with van der Waals surface area (Å²) in [6.07, 6.45) is 8.38. The predicted molar refractivity (Wildman–Crippen MR) is 66.2 cm³/mol. The number of nitrogens with zero attached hydrogens (tertiary/aromatic N) is 2. The number of hydrogen-bond donors (Lipinski definition) is 0. The van der Waals surface area contributed by atoms with Crippen LogP contribution in [0.2, 0.25) is 0 Å². The van der Waals surface area contributed by atoms with Crippen LogP contribution >= 0.6 is 11.6 Å². The van der Waals surface area contributed by atoms with Gasteiger partial charge in [0.1, 0.15) is 0 Å². The Morgan fingerprint density at radius 3 is 2.81 bits per heavy atom. The highest BCUT2D eigenvalue weighted by Gasteiger charge is 2.36. The number of piperidine rings is 3. The number of hydrogen-bond acceptors (Lipinski definition) is 2. The lowest BCUT2D eigenvalue weighted by Crippen LogP contribution is -2.46. The van der Waals surface area contributed by atoms with Gasteiger partial charge in [0.05, 0.1) is 5.38 Å². The second-order valence-corrected chi connectivity index (χ2v) is 5.05. The van der Waals surface area contributed by atoms with Crippen molar-refractivity contribution < 1.29 is 0 Å². The minimum Gasteiger partial charge on any atom is -0.374 e. The second kappa shape index (κ2) is 4.10. The lowest BCUT2D eigenvalue weighted by molar-refractivity contribution is 0.166. The van der Waals surface area contributed by atoms with E-state index >= 15 is 0 Å². The Kier molecular flexibility index (Phi) is 2.60. The molecule has 2 nitrogen and oxygen atoms in total. The van der Waals surface area contributed by atoms with Crippen molar-refractivity contribution in [3.05, 3.63) is 35.8 Å². The largest absolute Gasteiger partial charge is 0.374 e. The zero-order valence-electron chi connectivity index (χ0n) is 9.14. The number of aromatic nitrogens is 1. The molecule has 3 heteroatoms. The number of allylic oxidation sites excluding steroid dienone is 1. The van der Waals surface area contributed by atoms with E-state index in [9.17, 15) is 0 Å². The van der Waals surface area contributed by atoms with Gasteiger partial charge in [-0.1, -0.05) is 6.07 Å². The molecule has 4 rings (SSSR count). The predicted octanol–water partition coefficient (Wildman–Crippen LogP) is 2.76. The van der Waals surface area contributed by atoms with Gasteiger partial charge in [0.15, 0.2) is 0 Å². The van der Waals surface area contributed by atoms with Crippen LogP contribution in [0.15, 0.2) is 30.2 Å². The lowest BCUT2D eigenvalue weighted by atomic mass is 9.85. The van der Waals surface area contributed by atoms with Crippen molar-refractivity contribution in [1.29, 1.82) is 0 Å². The van der Waals surface area contributed by atoms with E-state index in [2.05, 4.69) is 22.0 Å². The highest BCUT2D eigenvalue weighted by molar-refractivity contribution is 6.23. The first-order valence-corrected chi connectivity index (χ1v) is 6.29. The molecule has 1 atom stereocenters. The van der Waals surface area contributed by atoms with Gasteiger partial charge in [-0.15, -0.1) is 11.6 Å². The molecular weight excluding hydrogens is 220 g/mol. The fraction of sp³-hybridized carbons (Fsp3) is 0.462. The summed E-state index contributed by atoms with van der Waals surface area (Å²) in [6.45, 7) is 2.33. The molecule has 0 amide bonds. The van der Waals surface area contributed by atoms with Gasteiger partial charge in [-0.25, -0.2) is 0 Å². The molecule has 3 fully saturated rings. The van der Waals surface area contributed by atoms with Gasteiger partial charge < -0.3 is 4.90 Å². The maximum Gasteiger partial charge on any atom is 0.0763 e. The monoisotopic (exact) mass is 234 g/mol. The molecule has 84 valence electrons. The van der Waals surface area contributed by atoms with Crippen molar-refractivity contribution in [1.82, 2.24) is 9.88 Å². The van der Waals surface area contributed by atoms with E-state index in [-0.39, 0.29) is 5.38 Å². The van der Waals surface area contributed by atoms with Gasteiger partial charge in [-0.2, -0.15) is 0 Å². The summed E-state index contributed by atoms with van der Waals surface area (Å²) in [7, 11) is 0. The van der Waals surface area contributed by atoms with Crippen LogP contribution in [-0.2, 0) is 0 Å². The Balaban J connectivity index is 1.92. The maximum atomic E-state index is 6.50. The fourth-order valence-corrected chi connectivity index (χ4v) is 3.12. The van der Waals surface area contributed by atoms with Gasteiger partial charge >= 0.3 is 0 Å². The summed E-state index contributed by atoms with van der Waals surface area (Å²) in [6, 6.07) is 4.04. The molecule has 4 heterocycles. The molecule has 1 aromatic heterocycles. The Bertz CT molecular complexity index is 390. The minimum atomic E-state index is 0.197. The van der Waals surface area contributed by atoms with Crippen molar-refractivity contribution in [2.45, 2.75) is 18.2 Å². The standard InChI is InChI=1S/C13H15ClN2/c14-13-11-3-6-16(7-4-11)12(13)8-10-2-1-5-15-9-10/h1-2,5,8-9,11,13H,3-4,6-7H2/b12-8-. The molecule has 0 N–H and O–H groups in total. The quantitative estimate of drug-likeness (QED) is 0.695. The first-order valence-electron chi connectivity index (χ1n) is 5.85. The molecule has 0 saturated carbocycles. The summed E-state index contributed by atoms with van der Waals surface area (Å²) in [5.74, 6) is 0.676. The molecular formula is C13H15ClN2. The van der Waals surface area contributed by atoms with Gasteiger partial charge in [-0.3, -0.25) is 4.98 Å². The summed E-state index contributed by atoms with van der Waals surface area (Å²) in [5.41, 5.74) is 2.44. The molecule has 1 unspecified atom stereocenters. The average molecular weight is 235 g/mol. The van der Waals surface area contributed by atoms with Gasteiger partial charge in [-0.05, 0) is 36.5 Å². The van der Waals surface area contributed by atoms with Crippen LogP contribution in [0.4, 0.5) is 0 Å². The van der Waals surface area contributed by atoms with Crippen LogP contribution in [0.25, 0.3) is 6.08 Å². The highest BCUT2D eigenvalue weighted by atomic mass is 35.5. The van der Waals surface area contributed by atoms with E-state index in [1.165, 1.54) is 31.6 Å². The van der Waals surface area contributed by atoms with Crippen LogP contribution in [0.5, 0.6) is 0 Å². The highest BCUT2D eigenvalue weighted by Crippen LogP contribution is 2.38. The average Bonchev–Trinajstić information content (AvgIpc) is 2.36. The van der Waals surface area contributed by atoms with Crippen LogP contribution in [0, 0.1) is 5.92 Å². The molecule has 2 bridgehead atoms. The van der Waals surface area contributed by atoms with E-state index in [1.54, 1.807) is 6.20 Å². The maximum absolute atomic E-state index is 6.50. The molecule has 0 aliphatic carbocycles. The summed E-state index contributed by atoms with van der Waals surface area (Å²) >= 11 is 6.50. The molecule has 0 spiro atoms. The SMILES string of the molecule is ClC1/C(=C/c2cccnc2)N2CCC1CC2. The Hall–Kier alpha value is -1.02. The normalized spacial score (nSPS) is 31.1. The first-order chi connectivity index (χ1) is 7.84. The summed E-state index contributed by atoms with van der Waals surface area (Å²) in [5, 5.41) is 0.197. The molecule has 3 aliphatic rings. The minimum absolute atomic E-state index is 0.197. The fourth-order valence-electron chi connectivity index (χ4n) is 2.67. The molecule has 0 aromatic carbocycles. The third kappa shape index (κ3) is 1.71. The molecule has 3 saturated heterocycles. The zero-order valence-corrected chi connectivity index (χ0v) is 9.90. The van der Waals surface area contributed by atoms with Crippen molar-refractivity contribution in [3.8, 4) is 0 Å². The third-order valence-corrected chi connectivity index (χ3v) is 4.18. The van der Waals surface area contributed by atoms with Gasteiger partial charge in [0.2, 0.25) is 0 Å². The first kappa shape index (κ1) is 10.2. The molecule has 16 heavy (non-hydrogen) atoms. The van der Waals surface area contributed by atoms with Crippen LogP contribution < -0.4 is 0 Å². The van der Waals surface area contributed by atoms with Crippen LogP contribution in [0.1, 0.15) is 18.4 Å². The van der Waals surface area contributed by atoms with E-state index < -0.39 is 0 Å².